The van der Waals surface area contributed by atoms with Crippen molar-refractivity contribution in [2.75, 3.05) is 6.61 Å². The number of thiophene rings is 1. The number of ether oxygens (including phenoxy) is 1. The molecule has 5 heteroatoms. The lowest BCUT2D eigenvalue weighted by atomic mass is 10.1. The molecule has 1 heterocycles. The van der Waals surface area contributed by atoms with Crippen LogP contribution < -0.4 is 5.32 Å². The van der Waals surface area contributed by atoms with Crippen LogP contribution in [0.1, 0.15) is 32.4 Å². The molecular weight excluding hydrogens is 346 g/mol. The van der Waals surface area contributed by atoms with Crippen molar-refractivity contribution in [1.29, 1.82) is 0 Å². The molecule has 0 bridgehead atoms. The maximum Gasteiger partial charge on any atom is 0.338 e. The van der Waals surface area contributed by atoms with Crippen LogP contribution >= 0.6 is 11.3 Å². The molecule has 0 aliphatic carbocycles. The standard InChI is InChI=1S/C21H19NO3S/c1-15-9-11-17(12-10-15)21(24)25-14-19(23)22-20(18-8-5-13-26-18)16-6-3-2-4-7-16/h2-13,20H,14H2,1H3,(H,22,23). The van der Waals surface area contributed by atoms with Crippen molar-refractivity contribution in [2.45, 2.75) is 13.0 Å². The minimum absolute atomic E-state index is 0.262. The van der Waals surface area contributed by atoms with E-state index in [9.17, 15) is 9.59 Å². The lowest BCUT2D eigenvalue weighted by Crippen LogP contribution is -2.32. The zero-order chi connectivity index (χ0) is 18.4. The van der Waals surface area contributed by atoms with Gasteiger partial charge in [0, 0.05) is 4.88 Å². The van der Waals surface area contributed by atoms with Crippen molar-refractivity contribution < 1.29 is 14.3 Å². The van der Waals surface area contributed by atoms with Crippen LogP contribution in [0.5, 0.6) is 0 Å². The first-order valence-electron chi connectivity index (χ1n) is 8.25. The first kappa shape index (κ1) is 17.9. The zero-order valence-electron chi connectivity index (χ0n) is 14.3. The van der Waals surface area contributed by atoms with Crippen molar-refractivity contribution in [2.24, 2.45) is 0 Å². The average Bonchev–Trinajstić information content (AvgIpc) is 3.20. The van der Waals surface area contributed by atoms with E-state index in [0.717, 1.165) is 16.0 Å². The van der Waals surface area contributed by atoms with Gasteiger partial charge in [0.2, 0.25) is 0 Å². The van der Waals surface area contributed by atoms with Gasteiger partial charge in [-0.05, 0) is 36.1 Å². The largest absolute Gasteiger partial charge is 0.452 e. The highest BCUT2D eigenvalue weighted by atomic mass is 32.1. The summed E-state index contributed by atoms with van der Waals surface area (Å²) in [5.74, 6) is -0.847. The second-order valence-electron chi connectivity index (χ2n) is 5.87. The van der Waals surface area contributed by atoms with Gasteiger partial charge in [0.15, 0.2) is 6.61 Å². The molecule has 1 N–H and O–H groups in total. The molecule has 1 amide bonds. The number of esters is 1. The normalized spacial score (nSPS) is 11.6. The predicted molar refractivity (Wildman–Crippen MR) is 102 cm³/mol. The number of carbonyl (C=O) groups excluding carboxylic acids is 2. The van der Waals surface area contributed by atoms with Crippen LogP contribution in [0, 0.1) is 6.92 Å². The van der Waals surface area contributed by atoms with E-state index in [0.29, 0.717) is 5.56 Å². The van der Waals surface area contributed by atoms with Crippen LogP contribution in [-0.2, 0) is 9.53 Å². The molecule has 0 aliphatic rings. The Morgan fingerprint density at radius 3 is 2.38 bits per heavy atom. The van der Waals surface area contributed by atoms with E-state index in [1.165, 1.54) is 0 Å². The highest BCUT2D eigenvalue weighted by Crippen LogP contribution is 2.25. The fourth-order valence-corrected chi connectivity index (χ4v) is 3.33. The number of hydrogen-bond acceptors (Lipinski definition) is 4. The molecular formula is C21H19NO3S. The molecule has 0 radical (unpaired) electrons. The van der Waals surface area contributed by atoms with Crippen molar-refractivity contribution in [3.8, 4) is 0 Å². The van der Waals surface area contributed by atoms with Crippen molar-refractivity contribution in [3.63, 3.8) is 0 Å². The highest BCUT2D eigenvalue weighted by Gasteiger charge is 2.18. The Bertz CT molecular complexity index is 858. The van der Waals surface area contributed by atoms with E-state index < -0.39 is 5.97 Å². The van der Waals surface area contributed by atoms with Crippen molar-refractivity contribution in [1.82, 2.24) is 5.32 Å². The molecule has 3 rings (SSSR count). The van der Waals surface area contributed by atoms with Crippen molar-refractivity contribution >= 4 is 23.2 Å². The summed E-state index contributed by atoms with van der Waals surface area (Å²) in [6.07, 6.45) is 0. The van der Waals surface area contributed by atoms with Gasteiger partial charge in [0.25, 0.3) is 5.91 Å². The third-order valence-electron chi connectivity index (χ3n) is 3.89. The Balaban J connectivity index is 1.63. The molecule has 0 spiro atoms. The van der Waals surface area contributed by atoms with Gasteiger partial charge in [0.05, 0.1) is 11.6 Å². The van der Waals surface area contributed by atoms with E-state index in [2.05, 4.69) is 5.32 Å². The summed E-state index contributed by atoms with van der Waals surface area (Å²) in [5, 5.41) is 4.91. The van der Waals surface area contributed by atoms with Gasteiger partial charge in [0.1, 0.15) is 0 Å². The molecule has 1 unspecified atom stereocenters. The van der Waals surface area contributed by atoms with E-state index in [4.69, 9.17) is 4.74 Å². The SMILES string of the molecule is Cc1ccc(C(=O)OCC(=O)NC(c2ccccc2)c2cccs2)cc1. The number of nitrogens with one attached hydrogen (secondary N) is 1. The number of hydrogen-bond donors (Lipinski definition) is 1. The van der Waals surface area contributed by atoms with Gasteiger partial charge in [-0.1, -0.05) is 54.1 Å². The fourth-order valence-electron chi connectivity index (χ4n) is 2.53. The smallest absolute Gasteiger partial charge is 0.338 e. The lowest BCUT2D eigenvalue weighted by molar-refractivity contribution is -0.124. The Kier molecular flexibility index (Phi) is 5.81. The Hall–Kier alpha value is -2.92. The molecule has 3 aromatic rings. The Morgan fingerprint density at radius 1 is 1.00 bits per heavy atom. The molecule has 0 saturated heterocycles. The predicted octanol–water partition coefficient (Wildman–Crippen LogP) is 4.12. The Labute approximate surface area is 156 Å². The van der Waals surface area contributed by atoms with Gasteiger partial charge in [-0.2, -0.15) is 0 Å². The number of aryl methyl sites for hydroxylation is 1. The third kappa shape index (κ3) is 4.58. The van der Waals surface area contributed by atoms with Crippen LogP contribution in [0.3, 0.4) is 0 Å². The van der Waals surface area contributed by atoms with E-state index >= 15 is 0 Å². The lowest BCUT2D eigenvalue weighted by Gasteiger charge is -2.18. The summed E-state index contributed by atoms with van der Waals surface area (Å²) in [4.78, 5) is 25.4. The minimum atomic E-state index is -0.507. The summed E-state index contributed by atoms with van der Waals surface area (Å²) in [6, 6.07) is 20.4. The van der Waals surface area contributed by atoms with Crippen LogP contribution in [0.25, 0.3) is 0 Å². The number of rotatable bonds is 6. The van der Waals surface area contributed by atoms with Crippen LogP contribution in [0.15, 0.2) is 72.1 Å². The van der Waals surface area contributed by atoms with Crippen LogP contribution in [0.4, 0.5) is 0 Å². The van der Waals surface area contributed by atoms with E-state index in [1.807, 2.05) is 66.9 Å². The zero-order valence-corrected chi connectivity index (χ0v) is 15.2. The molecule has 26 heavy (non-hydrogen) atoms. The summed E-state index contributed by atoms with van der Waals surface area (Å²) < 4.78 is 5.14. The topological polar surface area (TPSA) is 55.4 Å². The molecule has 0 fully saturated rings. The molecule has 132 valence electrons. The summed E-state index contributed by atoms with van der Waals surface area (Å²) >= 11 is 1.57. The fraction of sp³-hybridized carbons (Fsp3) is 0.143. The van der Waals surface area contributed by atoms with Crippen LogP contribution in [0.2, 0.25) is 0 Å². The van der Waals surface area contributed by atoms with Gasteiger partial charge in [-0.3, -0.25) is 4.79 Å². The second-order valence-corrected chi connectivity index (χ2v) is 6.85. The quantitative estimate of drug-likeness (QED) is 0.669. The van der Waals surface area contributed by atoms with Gasteiger partial charge >= 0.3 is 5.97 Å². The molecule has 1 atom stereocenters. The van der Waals surface area contributed by atoms with Crippen LogP contribution in [-0.4, -0.2) is 18.5 Å². The van der Waals surface area contributed by atoms with Crippen molar-refractivity contribution in [3.05, 3.63) is 93.7 Å². The Morgan fingerprint density at radius 2 is 1.73 bits per heavy atom. The molecule has 0 aliphatic heterocycles. The first-order valence-corrected chi connectivity index (χ1v) is 9.13. The van der Waals surface area contributed by atoms with Gasteiger partial charge in [-0.25, -0.2) is 4.79 Å². The molecule has 1 aromatic heterocycles. The number of carbonyl (C=O) groups is 2. The molecule has 2 aromatic carbocycles. The highest BCUT2D eigenvalue weighted by molar-refractivity contribution is 7.10. The van der Waals surface area contributed by atoms with E-state index in [-0.39, 0.29) is 18.6 Å². The monoisotopic (exact) mass is 365 g/mol. The summed E-state index contributed by atoms with van der Waals surface area (Å²) in [6.45, 7) is 1.62. The summed E-state index contributed by atoms with van der Waals surface area (Å²) in [5.41, 5.74) is 2.47. The maximum atomic E-state index is 12.3. The second kappa shape index (κ2) is 8.45. The average molecular weight is 365 g/mol. The first-order chi connectivity index (χ1) is 12.6. The third-order valence-corrected chi connectivity index (χ3v) is 4.82. The van der Waals surface area contributed by atoms with Gasteiger partial charge < -0.3 is 10.1 Å². The molecule has 0 saturated carbocycles. The number of benzene rings is 2. The number of amides is 1. The summed E-state index contributed by atoms with van der Waals surface area (Å²) in [7, 11) is 0. The van der Waals surface area contributed by atoms with Gasteiger partial charge in [-0.15, -0.1) is 11.3 Å². The van der Waals surface area contributed by atoms with E-state index in [1.54, 1.807) is 23.5 Å². The molecule has 4 nitrogen and oxygen atoms in total. The minimum Gasteiger partial charge on any atom is -0.452 e. The maximum absolute atomic E-state index is 12.3.